The second-order valence-electron chi connectivity index (χ2n) is 13.5. The molecule has 0 N–H and O–H groups in total. The Hall–Kier alpha value is -3.55. The summed E-state index contributed by atoms with van der Waals surface area (Å²) in [6.45, 7) is 6.16. The lowest BCUT2D eigenvalue weighted by atomic mass is 9.54. The molecule has 4 fully saturated rings. The highest BCUT2D eigenvalue weighted by Crippen LogP contribution is 2.55. The number of fused-ring (bicyclic) bond motifs is 1. The lowest BCUT2D eigenvalue weighted by Gasteiger charge is -2.57. The van der Waals surface area contributed by atoms with Crippen LogP contribution in [0.25, 0.3) is 11.0 Å². The van der Waals surface area contributed by atoms with Crippen LogP contribution in [0, 0.1) is 23.7 Å². The van der Waals surface area contributed by atoms with Crippen molar-refractivity contribution in [1.82, 2.24) is 14.0 Å². The van der Waals surface area contributed by atoms with Crippen molar-refractivity contribution in [3.05, 3.63) is 64.1 Å². The zero-order valence-corrected chi connectivity index (χ0v) is 24.8. The SMILES string of the molecule is Cn1c(=O)n(C)c2cc(C(=O)COc3ccc(CN(C(=O)OC(C)(C)C)C4C5CC6CC(C5)CC4C6)cc3)ccc21. The van der Waals surface area contributed by atoms with Crippen molar-refractivity contribution >= 4 is 22.9 Å². The fourth-order valence-corrected chi connectivity index (χ4v) is 7.82. The number of hydrogen-bond acceptors (Lipinski definition) is 5. The van der Waals surface area contributed by atoms with Crippen LogP contribution in [-0.4, -0.2) is 44.2 Å². The van der Waals surface area contributed by atoms with Crippen molar-refractivity contribution in [2.24, 2.45) is 37.8 Å². The van der Waals surface area contributed by atoms with Gasteiger partial charge in [-0.25, -0.2) is 9.59 Å². The van der Waals surface area contributed by atoms with Crippen molar-refractivity contribution in [2.75, 3.05) is 6.61 Å². The topological polar surface area (TPSA) is 82.8 Å². The molecule has 4 saturated carbocycles. The zero-order valence-electron chi connectivity index (χ0n) is 24.8. The highest BCUT2D eigenvalue weighted by atomic mass is 16.6. The van der Waals surface area contributed by atoms with Crippen molar-refractivity contribution in [2.45, 2.75) is 71.1 Å². The van der Waals surface area contributed by atoms with Crippen LogP contribution in [0.15, 0.2) is 47.3 Å². The fraction of sp³-hybridized carbons (Fsp3) is 0.545. The van der Waals surface area contributed by atoms with Crippen LogP contribution in [-0.2, 0) is 25.4 Å². The predicted octanol–water partition coefficient (Wildman–Crippen LogP) is 5.70. The number of hydrogen-bond donors (Lipinski definition) is 0. The number of rotatable bonds is 7. The van der Waals surface area contributed by atoms with Crippen LogP contribution in [0.3, 0.4) is 0 Å². The maximum Gasteiger partial charge on any atom is 0.410 e. The molecule has 0 aliphatic heterocycles. The first-order chi connectivity index (χ1) is 19.5. The van der Waals surface area contributed by atoms with Gasteiger partial charge >= 0.3 is 11.8 Å². The van der Waals surface area contributed by atoms with E-state index in [1.54, 1.807) is 36.9 Å². The van der Waals surface area contributed by atoms with Crippen LogP contribution in [0.4, 0.5) is 4.79 Å². The predicted molar refractivity (Wildman–Crippen MR) is 157 cm³/mol. The molecule has 1 heterocycles. The summed E-state index contributed by atoms with van der Waals surface area (Å²) in [6, 6.07) is 13.1. The molecule has 8 heteroatoms. The quantitative estimate of drug-likeness (QED) is 0.347. The molecule has 7 rings (SSSR count). The maximum atomic E-state index is 13.5. The molecule has 41 heavy (non-hydrogen) atoms. The van der Waals surface area contributed by atoms with Gasteiger partial charge in [-0.15, -0.1) is 0 Å². The Morgan fingerprint density at radius 1 is 0.878 bits per heavy atom. The van der Waals surface area contributed by atoms with Crippen molar-refractivity contribution in [3.8, 4) is 5.75 Å². The first-order valence-corrected chi connectivity index (χ1v) is 14.9. The average molecular weight is 560 g/mol. The van der Waals surface area contributed by atoms with Crippen LogP contribution >= 0.6 is 0 Å². The minimum absolute atomic E-state index is 0.108. The molecular formula is C33H41N3O5. The molecule has 4 aliphatic rings. The van der Waals surface area contributed by atoms with E-state index in [9.17, 15) is 14.4 Å². The van der Waals surface area contributed by atoms with E-state index >= 15 is 0 Å². The highest BCUT2D eigenvalue weighted by molar-refractivity contribution is 6.00. The number of carbonyl (C=O) groups is 2. The highest BCUT2D eigenvalue weighted by Gasteiger charge is 2.51. The smallest absolute Gasteiger partial charge is 0.410 e. The van der Waals surface area contributed by atoms with Gasteiger partial charge in [-0.05, 0) is 112 Å². The summed E-state index contributed by atoms with van der Waals surface area (Å²) in [5.41, 5.74) is 2.32. The molecule has 8 nitrogen and oxygen atoms in total. The van der Waals surface area contributed by atoms with E-state index in [4.69, 9.17) is 9.47 Å². The number of benzene rings is 2. The van der Waals surface area contributed by atoms with Gasteiger partial charge in [0.1, 0.15) is 11.4 Å². The Morgan fingerprint density at radius 2 is 1.49 bits per heavy atom. The largest absolute Gasteiger partial charge is 0.485 e. The van der Waals surface area contributed by atoms with E-state index in [1.807, 2.05) is 49.9 Å². The Morgan fingerprint density at radius 3 is 2.10 bits per heavy atom. The molecule has 0 unspecified atom stereocenters. The molecule has 4 bridgehead atoms. The summed E-state index contributed by atoms with van der Waals surface area (Å²) in [4.78, 5) is 40.6. The van der Waals surface area contributed by atoms with Crippen LogP contribution in [0.1, 0.15) is 68.8 Å². The Balaban J connectivity index is 1.13. The number of ketones is 1. The number of amides is 1. The number of Topliss-reactive ketones (excluding diaryl/α,β-unsaturated/α-hetero) is 1. The number of aryl methyl sites for hydroxylation is 2. The second-order valence-corrected chi connectivity index (χ2v) is 13.5. The molecule has 0 radical (unpaired) electrons. The first kappa shape index (κ1) is 27.6. The zero-order chi connectivity index (χ0) is 29.1. The van der Waals surface area contributed by atoms with E-state index in [-0.39, 0.29) is 30.2 Å². The van der Waals surface area contributed by atoms with Gasteiger partial charge in [-0.1, -0.05) is 12.1 Å². The van der Waals surface area contributed by atoms with Crippen molar-refractivity contribution < 1.29 is 19.1 Å². The van der Waals surface area contributed by atoms with E-state index in [0.29, 0.717) is 35.2 Å². The van der Waals surface area contributed by atoms with E-state index < -0.39 is 5.60 Å². The summed E-state index contributed by atoms with van der Waals surface area (Å²) in [7, 11) is 3.42. The number of imidazole rings is 1. The van der Waals surface area contributed by atoms with E-state index in [1.165, 1.54) is 36.7 Å². The van der Waals surface area contributed by atoms with Crippen LogP contribution in [0.5, 0.6) is 5.75 Å². The third kappa shape index (κ3) is 5.41. The van der Waals surface area contributed by atoms with Gasteiger partial charge in [0.05, 0.1) is 11.0 Å². The molecule has 1 aromatic heterocycles. The molecule has 4 aliphatic carbocycles. The minimum Gasteiger partial charge on any atom is -0.485 e. The van der Waals surface area contributed by atoms with Gasteiger partial charge in [-0.3, -0.25) is 13.9 Å². The Kier molecular flexibility index (Phi) is 6.99. The summed E-state index contributed by atoms with van der Waals surface area (Å²) >= 11 is 0. The van der Waals surface area contributed by atoms with Gasteiger partial charge in [-0.2, -0.15) is 0 Å². The second kappa shape index (κ2) is 10.4. The molecule has 218 valence electrons. The molecule has 2 aromatic carbocycles. The van der Waals surface area contributed by atoms with E-state index in [0.717, 1.165) is 22.9 Å². The van der Waals surface area contributed by atoms with Gasteiger partial charge in [0.2, 0.25) is 0 Å². The fourth-order valence-electron chi connectivity index (χ4n) is 7.82. The molecular weight excluding hydrogens is 518 g/mol. The number of ether oxygens (including phenoxy) is 2. The number of aromatic nitrogens is 2. The minimum atomic E-state index is -0.550. The van der Waals surface area contributed by atoms with Crippen LogP contribution in [0.2, 0.25) is 0 Å². The third-order valence-electron chi connectivity index (χ3n) is 9.41. The van der Waals surface area contributed by atoms with Gasteiger partial charge in [0, 0.05) is 32.2 Å². The summed E-state index contributed by atoms with van der Waals surface area (Å²) < 4.78 is 14.8. The average Bonchev–Trinajstić information content (AvgIpc) is 3.13. The van der Waals surface area contributed by atoms with Crippen molar-refractivity contribution in [1.29, 1.82) is 0 Å². The summed E-state index contributed by atoms with van der Waals surface area (Å²) in [5, 5.41) is 0. The van der Waals surface area contributed by atoms with Gasteiger partial charge in [0.25, 0.3) is 0 Å². The number of nitrogens with zero attached hydrogens (tertiary/aromatic N) is 3. The Labute approximate surface area is 241 Å². The maximum absolute atomic E-state index is 13.5. The monoisotopic (exact) mass is 559 g/mol. The molecule has 1 amide bonds. The Bertz CT molecular complexity index is 1500. The van der Waals surface area contributed by atoms with Gasteiger partial charge < -0.3 is 14.4 Å². The number of carbonyl (C=O) groups excluding carboxylic acids is 2. The van der Waals surface area contributed by atoms with Crippen molar-refractivity contribution in [3.63, 3.8) is 0 Å². The first-order valence-electron chi connectivity index (χ1n) is 14.9. The summed E-state index contributed by atoms with van der Waals surface area (Å²) in [6.07, 6.45) is 6.05. The normalized spacial score (nSPS) is 25.0. The van der Waals surface area contributed by atoms with E-state index in [2.05, 4.69) is 0 Å². The lowest BCUT2D eigenvalue weighted by molar-refractivity contribution is -0.0730. The standard InChI is InChI=1S/C33H41N3O5/c1-33(2,3)41-32(39)36(30-24-13-21-12-22(15-24)16-25(30)14-21)18-20-6-9-26(10-7-20)40-19-29(37)23-8-11-27-28(17-23)35(5)31(38)34(27)4/h6-11,17,21-22,24-25,30H,12-16,18-19H2,1-5H3. The van der Waals surface area contributed by atoms with Crippen LogP contribution < -0.4 is 10.4 Å². The lowest BCUT2D eigenvalue weighted by Crippen LogP contribution is -2.57. The molecule has 0 saturated heterocycles. The van der Waals surface area contributed by atoms with Gasteiger partial charge in [0.15, 0.2) is 12.4 Å². The summed E-state index contributed by atoms with van der Waals surface area (Å²) in [5.74, 6) is 3.21. The third-order valence-corrected chi connectivity index (χ3v) is 9.41. The molecule has 3 aromatic rings. The molecule has 0 atom stereocenters. The molecule has 0 spiro atoms.